The van der Waals surface area contributed by atoms with Crippen LogP contribution in [0, 0.1) is 0 Å². The van der Waals surface area contributed by atoms with Crippen LogP contribution in [0.3, 0.4) is 0 Å². The van der Waals surface area contributed by atoms with Crippen molar-refractivity contribution >= 4 is 12.0 Å². The number of carbonyl (C=O) groups is 2. The summed E-state index contributed by atoms with van der Waals surface area (Å²) in [5.74, 6) is -0.359. The van der Waals surface area contributed by atoms with Crippen molar-refractivity contribution in [1.82, 2.24) is 10.6 Å². The first-order valence-corrected chi connectivity index (χ1v) is 9.78. The largest absolute Gasteiger partial charge is 0.449 e. The van der Waals surface area contributed by atoms with Crippen LogP contribution in [0.2, 0.25) is 0 Å². The maximum absolute atomic E-state index is 12.0. The molecule has 2 amide bonds. The Labute approximate surface area is 169 Å². The van der Waals surface area contributed by atoms with Crippen molar-refractivity contribution in [3.63, 3.8) is 0 Å². The fourth-order valence-corrected chi connectivity index (χ4v) is 3.56. The maximum atomic E-state index is 12.0. The van der Waals surface area contributed by atoms with Gasteiger partial charge < -0.3 is 25.8 Å². The van der Waals surface area contributed by atoms with Gasteiger partial charge in [-0.15, -0.1) is 0 Å². The summed E-state index contributed by atoms with van der Waals surface area (Å²) < 4.78 is 10.7. The fourth-order valence-electron chi connectivity index (χ4n) is 3.56. The molecule has 4 N–H and O–H groups in total. The predicted molar refractivity (Wildman–Crippen MR) is 108 cm³/mol. The number of benzene rings is 2. The number of fused-ring (bicyclic) bond motifs is 3. The predicted octanol–water partition coefficient (Wildman–Crippen LogP) is 2.11. The number of carbonyl (C=O) groups excluding carboxylic acids is 2. The van der Waals surface area contributed by atoms with Gasteiger partial charge in [0.15, 0.2) is 0 Å². The molecule has 7 heteroatoms. The number of ether oxygens (including phenoxy) is 2. The van der Waals surface area contributed by atoms with Crippen molar-refractivity contribution in [3.8, 4) is 11.1 Å². The van der Waals surface area contributed by atoms with Gasteiger partial charge in [0.1, 0.15) is 19.9 Å². The Morgan fingerprint density at radius 3 is 2.24 bits per heavy atom. The highest BCUT2D eigenvalue weighted by Gasteiger charge is 2.38. The summed E-state index contributed by atoms with van der Waals surface area (Å²) in [7, 11) is 0. The van der Waals surface area contributed by atoms with E-state index in [1.807, 2.05) is 24.3 Å². The third-order valence-electron chi connectivity index (χ3n) is 5.39. The number of nitrogens with one attached hydrogen (secondary N) is 2. The van der Waals surface area contributed by atoms with Crippen LogP contribution in [-0.4, -0.2) is 44.0 Å². The molecule has 7 nitrogen and oxygen atoms in total. The normalized spacial score (nSPS) is 15.9. The molecule has 0 bridgehead atoms. The van der Waals surface area contributed by atoms with Gasteiger partial charge in [0.2, 0.25) is 5.91 Å². The van der Waals surface area contributed by atoms with E-state index in [0.717, 1.165) is 24.0 Å². The quantitative estimate of drug-likeness (QED) is 0.469. The molecule has 0 radical (unpaired) electrons. The highest BCUT2D eigenvalue weighted by atomic mass is 16.5. The molecule has 29 heavy (non-hydrogen) atoms. The summed E-state index contributed by atoms with van der Waals surface area (Å²) in [5, 5.41) is 5.05. The van der Waals surface area contributed by atoms with Crippen molar-refractivity contribution < 1.29 is 19.1 Å². The third kappa shape index (κ3) is 4.58. The highest BCUT2D eigenvalue weighted by molar-refractivity contribution is 5.82. The van der Waals surface area contributed by atoms with Crippen molar-refractivity contribution in [2.75, 3.05) is 26.5 Å². The smallest absolute Gasteiger partial charge is 0.407 e. The van der Waals surface area contributed by atoms with E-state index in [1.54, 1.807) is 0 Å². The standard InChI is InChI=1S/C22H25N3O4/c23-22(9-10-22)13-28-14-25-20(26)11-24-21(27)29-12-19-17-7-3-1-5-15(17)16-6-2-4-8-18(16)19/h1-8,19H,9-14,23H2,(H,24,27)(H,25,26). The van der Waals surface area contributed by atoms with Crippen molar-refractivity contribution in [1.29, 1.82) is 0 Å². The Balaban J connectivity index is 1.22. The van der Waals surface area contributed by atoms with Crippen LogP contribution in [0.5, 0.6) is 0 Å². The van der Waals surface area contributed by atoms with E-state index >= 15 is 0 Å². The summed E-state index contributed by atoms with van der Waals surface area (Å²) in [6, 6.07) is 16.3. The van der Waals surface area contributed by atoms with Crippen LogP contribution in [0.15, 0.2) is 48.5 Å². The molecule has 0 unspecified atom stereocenters. The van der Waals surface area contributed by atoms with Gasteiger partial charge in [-0.25, -0.2) is 4.79 Å². The summed E-state index contributed by atoms with van der Waals surface area (Å²) in [6.07, 6.45) is 1.27. The van der Waals surface area contributed by atoms with E-state index in [4.69, 9.17) is 15.2 Å². The monoisotopic (exact) mass is 395 g/mol. The minimum atomic E-state index is -0.623. The van der Waals surface area contributed by atoms with Crippen LogP contribution in [0.1, 0.15) is 29.9 Å². The zero-order valence-corrected chi connectivity index (χ0v) is 16.1. The number of rotatable bonds is 8. The number of amides is 2. The number of hydrogen-bond donors (Lipinski definition) is 3. The van der Waals surface area contributed by atoms with E-state index in [-0.39, 0.29) is 37.2 Å². The third-order valence-corrected chi connectivity index (χ3v) is 5.39. The molecule has 0 aliphatic heterocycles. The Morgan fingerprint density at radius 2 is 1.62 bits per heavy atom. The maximum Gasteiger partial charge on any atom is 0.407 e. The first kappa shape index (κ1) is 19.4. The molecule has 152 valence electrons. The molecule has 1 fully saturated rings. The van der Waals surface area contributed by atoms with Crippen LogP contribution in [0.25, 0.3) is 11.1 Å². The molecule has 0 heterocycles. The van der Waals surface area contributed by atoms with Gasteiger partial charge in [0.25, 0.3) is 0 Å². The zero-order chi connectivity index (χ0) is 20.3. The first-order valence-electron chi connectivity index (χ1n) is 9.78. The average Bonchev–Trinajstić information content (AvgIpc) is 3.39. The van der Waals surface area contributed by atoms with E-state index in [9.17, 15) is 9.59 Å². The topological polar surface area (TPSA) is 103 Å². The van der Waals surface area contributed by atoms with Gasteiger partial charge in [0, 0.05) is 11.5 Å². The van der Waals surface area contributed by atoms with Gasteiger partial charge in [0.05, 0.1) is 6.61 Å². The first-order chi connectivity index (χ1) is 14.1. The summed E-state index contributed by atoms with van der Waals surface area (Å²) in [6.45, 7) is 0.536. The molecule has 1 saturated carbocycles. The minimum absolute atomic E-state index is 0.0126. The molecule has 0 aromatic heterocycles. The number of alkyl carbamates (subject to hydrolysis) is 1. The number of hydrogen-bond acceptors (Lipinski definition) is 5. The average molecular weight is 395 g/mol. The second-order valence-corrected chi connectivity index (χ2v) is 7.63. The SMILES string of the molecule is NC1(COCNC(=O)CNC(=O)OCC2c3ccccc3-c3ccccc32)CC1. The molecule has 4 rings (SSSR count). The summed E-state index contributed by atoms with van der Waals surface area (Å²) in [5.41, 5.74) is 10.3. The van der Waals surface area contributed by atoms with Gasteiger partial charge >= 0.3 is 6.09 Å². The molecule has 2 aliphatic rings. The van der Waals surface area contributed by atoms with Crippen molar-refractivity contribution in [2.45, 2.75) is 24.3 Å². The van der Waals surface area contributed by atoms with Gasteiger partial charge in [-0.1, -0.05) is 48.5 Å². The molecule has 0 saturated heterocycles. The number of nitrogens with two attached hydrogens (primary N) is 1. The van der Waals surface area contributed by atoms with Crippen molar-refractivity contribution in [2.24, 2.45) is 5.73 Å². The van der Waals surface area contributed by atoms with Gasteiger partial charge in [-0.05, 0) is 35.1 Å². The Kier molecular flexibility index (Phi) is 5.51. The van der Waals surface area contributed by atoms with Gasteiger partial charge in [-0.3, -0.25) is 4.79 Å². The summed E-state index contributed by atoms with van der Waals surface area (Å²) >= 11 is 0. The van der Waals surface area contributed by atoms with Crippen LogP contribution in [0.4, 0.5) is 4.79 Å². The van der Waals surface area contributed by atoms with E-state index < -0.39 is 6.09 Å². The van der Waals surface area contributed by atoms with E-state index in [0.29, 0.717) is 6.61 Å². The highest BCUT2D eigenvalue weighted by Crippen LogP contribution is 2.44. The lowest BCUT2D eigenvalue weighted by molar-refractivity contribution is -0.122. The summed E-state index contributed by atoms with van der Waals surface area (Å²) in [4.78, 5) is 23.8. The Bertz CT molecular complexity index is 865. The van der Waals surface area contributed by atoms with E-state index in [2.05, 4.69) is 34.9 Å². The molecule has 0 spiro atoms. The lowest BCUT2D eigenvalue weighted by atomic mass is 9.98. The molecular formula is C22H25N3O4. The van der Waals surface area contributed by atoms with Crippen LogP contribution < -0.4 is 16.4 Å². The second kappa shape index (κ2) is 8.23. The Morgan fingerprint density at radius 1 is 1.00 bits per heavy atom. The zero-order valence-electron chi connectivity index (χ0n) is 16.1. The lowest BCUT2D eigenvalue weighted by Crippen LogP contribution is -2.39. The van der Waals surface area contributed by atoms with Crippen molar-refractivity contribution in [3.05, 3.63) is 59.7 Å². The van der Waals surface area contributed by atoms with Crippen LogP contribution >= 0.6 is 0 Å². The fraction of sp³-hybridized carbons (Fsp3) is 0.364. The second-order valence-electron chi connectivity index (χ2n) is 7.63. The van der Waals surface area contributed by atoms with Gasteiger partial charge in [-0.2, -0.15) is 0 Å². The van der Waals surface area contributed by atoms with E-state index in [1.165, 1.54) is 11.1 Å². The molecule has 0 atom stereocenters. The lowest BCUT2D eigenvalue weighted by Gasteiger charge is -2.14. The van der Waals surface area contributed by atoms with Crippen LogP contribution in [-0.2, 0) is 14.3 Å². The Hall–Kier alpha value is -2.90. The minimum Gasteiger partial charge on any atom is -0.449 e. The molecule has 2 aliphatic carbocycles. The molecule has 2 aromatic rings. The molecule has 2 aromatic carbocycles. The molecular weight excluding hydrogens is 370 g/mol.